The highest BCUT2D eigenvalue weighted by atomic mass is 32.1. The van der Waals surface area contributed by atoms with Gasteiger partial charge >= 0.3 is 0 Å². The second kappa shape index (κ2) is 11.6. The SMILES string of the molecule is COCCCn1c(=S)[nH]c2cc(C(=O)N3CCN(CCc4ccc(OC)cc4)CC3)ccc2c1=O. The molecule has 1 N–H and O–H groups in total. The third-order valence-electron chi connectivity index (χ3n) is 6.49. The molecule has 1 aliphatic heterocycles. The van der Waals surface area contributed by atoms with Crippen LogP contribution in [0.3, 0.4) is 0 Å². The van der Waals surface area contributed by atoms with Gasteiger partial charge in [-0.3, -0.25) is 19.1 Å². The summed E-state index contributed by atoms with van der Waals surface area (Å²) in [6.07, 6.45) is 1.66. The summed E-state index contributed by atoms with van der Waals surface area (Å²) >= 11 is 5.40. The number of nitrogens with zero attached hydrogens (tertiary/aromatic N) is 3. The third-order valence-corrected chi connectivity index (χ3v) is 6.82. The number of hydrogen-bond acceptors (Lipinski definition) is 6. The summed E-state index contributed by atoms with van der Waals surface area (Å²) in [7, 11) is 3.30. The van der Waals surface area contributed by atoms with E-state index in [0.29, 0.717) is 53.9 Å². The van der Waals surface area contributed by atoms with Gasteiger partial charge in [0.15, 0.2) is 4.77 Å². The molecule has 0 radical (unpaired) electrons. The summed E-state index contributed by atoms with van der Waals surface area (Å²) in [5.74, 6) is 0.842. The minimum atomic E-state index is -0.149. The Morgan fingerprint density at radius 1 is 1.03 bits per heavy atom. The first-order valence-electron chi connectivity index (χ1n) is 11.9. The molecule has 1 aliphatic rings. The molecular weight excluding hydrogens is 464 g/mol. The van der Waals surface area contributed by atoms with Crippen LogP contribution in [0.1, 0.15) is 22.3 Å². The Balaban J connectivity index is 1.37. The number of fused-ring (bicyclic) bond motifs is 1. The molecule has 2 aromatic carbocycles. The Bertz CT molecular complexity index is 1280. The number of ether oxygens (including phenoxy) is 2. The van der Waals surface area contributed by atoms with Crippen LogP contribution in [0.25, 0.3) is 10.9 Å². The van der Waals surface area contributed by atoms with E-state index in [2.05, 4.69) is 22.0 Å². The van der Waals surface area contributed by atoms with Gasteiger partial charge in [0.2, 0.25) is 0 Å². The highest BCUT2D eigenvalue weighted by Gasteiger charge is 2.22. The molecule has 0 saturated carbocycles. The number of rotatable bonds is 9. The first kappa shape index (κ1) is 25.1. The zero-order chi connectivity index (χ0) is 24.8. The topological polar surface area (TPSA) is 79.8 Å². The Hall–Kier alpha value is -3.01. The first-order chi connectivity index (χ1) is 17.0. The largest absolute Gasteiger partial charge is 0.497 e. The van der Waals surface area contributed by atoms with Gasteiger partial charge in [0, 0.05) is 58.5 Å². The Kier molecular flexibility index (Phi) is 8.33. The van der Waals surface area contributed by atoms with Gasteiger partial charge < -0.3 is 19.4 Å². The van der Waals surface area contributed by atoms with E-state index in [0.717, 1.165) is 31.8 Å². The molecule has 35 heavy (non-hydrogen) atoms. The Morgan fingerprint density at radius 2 is 1.77 bits per heavy atom. The van der Waals surface area contributed by atoms with Gasteiger partial charge in [0.1, 0.15) is 5.75 Å². The zero-order valence-electron chi connectivity index (χ0n) is 20.3. The molecule has 0 bridgehead atoms. The Morgan fingerprint density at radius 3 is 2.46 bits per heavy atom. The van der Waals surface area contributed by atoms with E-state index in [1.165, 1.54) is 5.56 Å². The fourth-order valence-corrected chi connectivity index (χ4v) is 4.68. The van der Waals surface area contributed by atoms with Crippen LogP contribution in [-0.2, 0) is 17.7 Å². The standard InChI is InChI=1S/C26H32N4O4S/c1-33-17-3-11-30-25(32)22-9-6-20(18-23(22)27-26(30)35)24(31)29-15-13-28(14-16-29)12-10-19-4-7-21(34-2)8-5-19/h4-9,18H,3,10-17H2,1-2H3,(H,27,35). The molecule has 0 aliphatic carbocycles. The average molecular weight is 497 g/mol. The van der Waals surface area contributed by atoms with Crippen molar-refractivity contribution in [3.8, 4) is 5.75 Å². The molecule has 4 rings (SSSR count). The summed E-state index contributed by atoms with van der Waals surface area (Å²) in [5, 5.41) is 0.524. The Labute approximate surface area is 210 Å². The minimum absolute atomic E-state index is 0.0229. The first-order valence-corrected chi connectivity index (χ1v) is 12.3. The second-order valence-corrected chi connectivity index (χ2v) is 9.11. The molecule has 186 valence electrons. The monoisotopic (exact) mass is 496 g/mol. The van der Waals surface area contributed by atoms with Crippen molar-refractivity contribution in [1.29, 1.82) is 0 Å². The lowest BCUT2D eigenvalue weighted by Gasteiger charge is -2.34. The number of benzene rings is 2. The number of carbonyl (C=O) groups excluding carboxylic acids is 1. The number of piperazine rings is 1. The van der Waals surface area contributed by atoms with Crippen molar-refractivity contribution in [2.75, 3.05) is 53.6 Å². The van der Waals surface area contributed by atoms with Crippen LogP contribution in [0.5, 0.6) is 5.75 Å². The number of carbonyl (C=O) groups is 1. The maximum atomic E-state index is 13.2. The van der Waals surface area contributed by atoms with E-state index in [-0.39, 0.29) is 11.5 Å². The van der Waals surface area contributed by atoms with Crippen LogP contribution in [0, 0.1) is 4.77 Å². The van der Waals surface area contributed by atoms with Gasteiger partial charge in [-0.1, -0.05) is 12.1 Å². The van der Waals surface area contributed by atoms with Crippen LogP contribution < -0.4 is 10.3 Å². The molecule has 9 heteroatoms. The van der Waals surface area contributed by atoms with Gasteiger partial charge in [-0.2, -0.15) is 0 Å². The second-order valence-electron chi connectivity index (χ2n) is 8.73. The summed E-state index contributed by atoms with van der Waals surface area (Å²) < 4.78 is 12.2. The lowest BCUT2D eigenvalue weighted by atomic mass is 10.1. The molecular formula is C26H32N4O4S. The van der Waals surface area contributed by atoms with Crippen molar-refractivity contribution >= 4 is 29.0 Å². The molecule has 8 nitrogen and oxygen atoms in total. The molecule has 1 amide bonds. The van der Waals surface area contributed by atoms with E-state index in [9.17, 15) is 9.59 Å². The summed E-state index contributed by atoms with van der Waals surface area (Å²) in [6.45, 7) is 5.03. The van der Waals surface area contributed by atoms with Crippen molar-refractivity contribution in [3.63, 3.8) is 0 Å². The third kappa shape index (κ3) is 5.98. The van der Waals surface area contributed by atoms with Gasteiger partial charge in [0.05, 0.1) is 18.0 Å². The number of aromatic nitrogens is 2. The van der Waals surface area contributed by atoms with Crippen LogP contribution >= 0.6 is 12.2 Å². The normalized spacial score (nSPS) is 14.4. The number of aromatic amines is 1. The van der Waals surface area contributed by atoms with Crippen LogP contribution in [0.2, 0.25) is 0 Å². The van der Waals surface area contributed by atoms with E-state index >= 15 is 0 Å². The number of amides is 1. The fraction of sp³-hybridized carbons (Fsp3) is 0.423. The van der Waals surface area contributed by atoms with Crippen molar-refractivity contribution in [2.24, 2.45) is 0 Å². The molecule has 1 saturated heterocycles. The molecule has 0 unspecified atom stereocenters. The van der Waals surface area contributed by atoms with Gasteiger partial charge in [0.25, 0.3) is 11.5 Å². The van der Waals surface area contributed by atoms with Gasteiger partial charge in [-0.05, 0) is 61.0 Å². The smallest absolute Gasteiger partial charge is 0.262 e. The summed E-state index contributed by atoms with van der Waals surface area (Å²) in [5.41, 5.74) is 2.28. The van der Waals surface area contributed by atoms with Crippen LogP contribution in [0.4, 0.5) is 0 Å². The van der Waals surface area contributed by atoms with E-state index < -0.39 is 0 Å². The number of H-pyrrole nitrogens is 1. The number of methoxy groups -OCH3 is 2. The van der Waals surface area contributed by atoms with Crippen molar-refractivity contribution in [2.45, 2.75) is 19.4 Å². The maximum absolute atomic E-state index is 13.2. The number of hydrogen-bond donors (Lipinski definition) is 1. The van der Waals surface area contributed by atoms with Crippen molar-refractivity contribution in [1.82, 2.24) is 19.4 Å². The van der Waals surface area contributed by atoms with Crippen molar-refractivity contribution < 1.29 is 14.3 Å². The molecule has 2 heterocycles. The molecule has 1 fully saturated rings. The van der Waals surface area contributed by atoms with Crippen LogP contribution in [0.15, 0.2) is 47.3 Å². The lowest BCUT2D eigenvalue weighted by Crippen LogP contribution is -2.49. The highest BCUT2D eigenvalue weighted by molar-refractivity contribution is 7.71. The predicted molar refractivity (Wildman–Crippen MR) is 139 cm³/mol. The molecule has 1 aromatic heterocycles. The lowest BCUT2D eigenvalue weighted by molar-refractivity contribution is 0.0638. The highest BCUT2D eigenvalue weighted by Crippen LogP contribution is 2.16. The maximum Gasteiger partial charge on any atom is 0.262 e. The zero-order valence-corrected chi connectivity index (χ0v) is 21.1. The molecule has 0 spiro atoms. The van der Waals surface area contributed by atoms with Crippen molar-refractivity contribution in [3.05, 3.63) is 68.7 Å². The van der Waals surface area contributed by atoms with Gasteiger partial charge in [-0.15, -0.1) is 0 Å². The average Bonchev–Trinajstić information content (AvgIpc) is 2.89. The van der Waals surface area contributed by atoms with Crippen LogP contribution in [-0.4, -0.2) is 78.8 Å². The van der Waals surface area contributed by atoms with E-state index in [1.54, 1.807) is 37.0 Å². The van der Waals surface area contributed by atoms with E-state index in [1.807, 2.05) is 17.0 Å². The fourth-order valence-electron chi connectivity index (χ4n) is 4.39. The van der Waals surface area contributed by atoms with E-state index in [4.69, 9.17) is 21.7 Å². The molecule has 3 aromatic rings. The minimum Gasteiger partial charge on any atom is -0.497 e. The summed E-state index contributed by atoms with van der Waals surface area (Å²) in [6, 6.07) is 13.4. The summed E-state index contributed by atoms with van der Waals surface area (Å²) in [4.78, 5) is 33.4. The predicted octanol–water partition coefficient (Wildman–Crippen LogP) is 3.10. The number of nitrogens with one attached hydrogen (secondary N) is 1. The van der Waals surface area contributed by atoms with Gasteiger partial charge in [-0.25, -0.2) is 0 Å². The molecule has 0 atom stereocenters. The quantitative estimate of drug-likeness (QED) is 0.362.